The number of anilines is 1. The van der Waals surface area contributed by atoms with Crippen molar-refractivity contribution in [2.24, 2.45) is 5.92 Å². The molecule has 0 unspecified atom stereocenters. The van der Waals surface area contributed by atoms with Crippen molar-refractivity contribution in [1.82, 2.24) is 4.90 Å². The first kappa shape index (κ1) is 16.9. The minimum atomic E-state index is -0.391. The number of carbonyl (C=O) groups excluding carboxylic acids is 2. The van der Waals surface area contributed by atoms with Crippen LogP contribution in [0, 0.1) is 11.7 Å². The van der Waals surface area contributed by atoms with Crippen molar-refractivity contribution in [2.45, 2.75) is 13.8 Å². The Kier molecular flexibility index (Phi) is 4.65. The fourth-order valence-corrected chi connectivity index (χ4v) is 2.77. The predicted octanol–water partition coefficient (Wildman–Crippen LogP) is 3.67. The SMILES string of the molecule is CC(C)CN1C(=O)C(Nc2ccccc2)=C(c2ccc(F)cc2)C1=O. The van der Waals surface area contributed by atoms with Gasteiger partial charge in [-0.25, -0.2) is 4.39 Å². The first-order valence-electron chi connectivity index (χ1n) is 8.16. The van der Waals surface area contributed by atoms with Crippen LogP contribution < -0.4 is 5.32 Å². The highest BCUT2D eigenvalue weighted by molar-refractivity contribution is 6.36. The maximum atomic E-state index is 13.2. The molecule has 25 heavy (non-hydrogen) atoms. The van der Waals surface area contributed by atoms with Gasteiger partial charge in [-0.2, -0.15) is 0 Å². The topological polar surface area (TPSA) is 49.4 Å². The molecule has 0 aromatic heterocycles. The molecule has 1 N–H and O–H groups in total. The van der Waals surface area contributed by atoms with E-state index in [1.807, 2.05) is 44.2 Å². The van der Waals surface area contributed by atoms with Crippen LogP contribution in [-0.2, 0) is 9.59 Å². The minimum Gasteiger partial charge on any atom is -0.350 e. The number of amides is 2. The smallest absolute Gasteiger partial charge is 0.278 e. The summed E-state index contributed by atoms with van der Waals surface area (Å²) in [4.78, 5) is 26.9. The van der Waals surface area contributed by atoms with Gasteiger partial charge in [-0.15, -0.1) is 0 Å². The Labute approximate surface area is 146 Å². The molecule has 1 heterocycles. The lowest BCUT2D eigenvalue weighted by atomic mass is 10.0. The fraction of sp³-hybridized carbons (Fsp3) is 0.200. The molecule has 0 aliphatic carbocycles. The molecule has 0 bridgehead atoms. The number of carbonyl (C=O) groups is 2. The summed E-state index contributed by atoms with van der Waals surface area (Å²) in [6.07, 6.45) is 0. The van der Waals surface area contributed by atoms with Gasteiger partial charge < -0.3 is 5.32 Å². The lowest BCUT2D eigenvalue weighted by Gasteiger charge is -2.17. The van der Waals surface area contributed by atoms with Gasteiger partial charge in [0.25, 0.3) is 11.8 Å². The van der Waals surface area contributed by atoms with Crippen molar-refractivity contribution in [3.05, 3.63) is 71.7 Å². The third-order valence-corrected chi connectivity index (χ3v) is 3.89. The first-order chi connectivity index (χ1) is 12.0. The van der Waals surface area contributed by atoms with Crippen molar-refractivity contribution < 1.29 is 14.0 Å². The van der Waals surface area contributed by atoms with E-state index in [4.69, 9.17) is 0 Å². The maximum Gasteiger partial charge on any atom is 0.278 e. The molecule has 0 atom stereocenters. The monoisotopic (exact) mass is 338 g/mol. The molecule has 2 amide bonds. The quantitative estimate of drug-likeness (QED) is 0.846. The van der Waals surface area contributed by atoms with Gasteiger partial charge >= 0.3 is 0 Å². The van der Waals surface area contributed by atoms with E-state index in [2.05, 4.69) is 5.32 Å². The molecule has 2 aromatic carbocycles. The van der Waals surface area contributed by atoms with Gasteiger partial charge in [0, 0.05) is 12.2 Å². The Morgan fingerprint density at radius 1 is 0.960 bits per heavy atom. The molecule has 2 aromatic rings. The third-order valence-electron chi connectivity index (χ3n) is 3.89. The summed E-state index contributed by atoms with van der Waals surface area (Å²) in [7, 11) is 0. The fourth-order valence-electron chi connectivity index (χ4n) is 2.77. The summed E-state index contributed by atoms with van der Waals surface area (Å²) in [5.74, 6) is -0.957. The van der Waals surface area contributed by atoms with Crippen LogP contribution in [0.3, 0.4) is 0 Å². The second-order valence-corrected chi connectivity index (χ2v) is 6.36. The molecular formula is C20H19FN2O2. The molecule has 0 radical (unpaired) electrons. The van der Waals surface area contributed by atoms with Crippen LogP contribution in [0.15, 0.2) is 60.3 Å². The molecule has 0 saturated carbocycles. The van der Waals surface area contributed by atoms with Gasteiger partial charge in [0.15, 0.2) is 0 Å². The van der Waals surface area contributed by atoms with E-state index in [-0.39, 0.29) is 29.0 Å². The summed E-state index contributed by atoms with van der Waals surface area (Å²) < 4.78 is 13.2. The minimum absolute atomic E-state index is 0.151. The highest BCUT2D eigenvalue weighted by Gasteiger charge is 2.39. The number of nitrogens with one attached hydrogen (secondary N) is 1. The van der Waals surface area contributed by atoms with Crippen molar-refractivity contribution in [1.29, 1.82) is 0 Å². The third kappa shape index (κ3) is 3.45. The van der Waals surface area contributed by atoms with E-state index < -0.39 is 5.82 Å². The van der Waals surface area contributed by atoms with Crippen molar-refractivity contribution in [3.63, 3.8) is 0 Å². The Balaban J connectivity index is 2.05. The van der Waals surface area contributed by atoms with Crippen LogP contribution in [0.25, 0.3) is 5.57 Å². The van der Waals surface area contributed by atoms with E-state index >= 15 is 0 Å². The lowest BCUT2D eigenvalue weighted by Crippen LogP contribution is -2.35. The van der Waals surface area contributed by atoms with E-state index in [9.17, 15) is 14.0 Å². The van der Waals surface area contributed by atoms with Gasteiger partial charge in [-0.1, -0.05) is 44.2 Å². The molecule has 0 saturated heterocycles. The summed E-state index contributed by atoms with van der Waals surface area (Å²) in [5.41, 5.74) is 1.73. The van der Waals surface area contributed by atoms with Crippen LogP contribution >= 0.6 is 0 Å². The Morgan fingerprint density at radius 3 is 2.20 bits per heavy atom. The number of halogens is 1. The van der Waals surface area contributed by atoms with Gasteiger partial charge in [0.05, 0.1) is 5.57 Å². The molecule has 1 aliphatic rings. The zero-order chi connectivity index (χ0) is 18.0. The summed E-state index contributed by atoms with van der Waals surface area (Å²) in [6, 6.07) is 14.8. The van der Waals surface area contributed by atoms with E-state index in [1.165, 1.54) is 29.2 Å². The van der Waals surface area contributed by atoms with E-state index in [1.54, 1.807) is 0 Å². The zero-order valence-corrected chi connectivity index (χ0v) is 14.1. The molecule has 4 nitrogen and oxygen atoms in total. The predicted molar refractivity (Wildman–Crippen MR) is 94.9 cm³/mol. The first-order valence-corrected chi connectivity index (χ1v) is 8.16. The number of imide groups is 1. The van der Waals surface area contributed by atoms with Gasteiger partial charge in [0.1, 0.15) is 11.5 Å². The molecule has 5 heteroatoms. The van der Waals surface area contributed by atoms with Crippen molar-refractivity contribution >= 4 is 23.1 Å². The molecule has 0 spiro atoms. The average molecular weight is 338 g/mol. The largest absolute Gasteiger partial charge is 0.350 e. The van der Waals surface area contributed by atoms with Crippen molar-refractivity contribution in [3.8, 4) is 0 Å². The maximum absolute atomic E-state index is 13.2. The van der Waals surface area contributed by atoms with Crippen LogP contribution in [0.5, 0.6) is 0 Å². The van der Waals surface area contributed by atoms with Gasteiger partial charge in [-0.3, -0.25) is 14.5 Å². The summed E-state index contributed by atoms with van der Waals surface area (Å²) in [6.45, 7) is 4.23. The zero-order valence-electron chi connectivity index (χ0n) is 14.1. The number of para-hydroxylation sites is 1. The number of hydrogen-bond acceptors (Lipinski definition) is 3. The van der Waals surface area contributed by atoms with Crippen LogP contribution in [-0.4, -0.2) is 23.3 Å². The van der Waals surface area contributed by atoms with Crippen LogP contribution in [0.1, 0.15) is 19.4 Å². The number of nitrogens with zero attached hydrogens (tertiary/aromatic N) is 1. The number of hydrogen-bond donors (Lipinski definition) is 1. The van der Waals surface area contributed by atoms with E-state index in [0.717, 1.165) is 0 Å². The molecule has 1 aliphatic heterocycles. The molecule has 3 rings (SSSR count). The summed E-state index contributed by atoms with van der Waals surface area (Å²) >= 11 is 0. The second kappa shape index (κ2) is 6.89. The normalized spacial score (nSPS) is 14.6. The average Bonchev–Trinajstić information content (AvgIpc) is 2.81. The molecule has 0 fully saturated rings. The van der Waals surface area contributed by atoms with Crippen molar-refractivity contribution in [2.75, 3.05) is 11.9 Å². The lowest BCUT2D eigenvalue weighted by molar-refractivity contribution is -0.137. The Morgan fingerprint density at radius 2 is 1.60 bits per heavy atom. The molecular weight excluding hydrogens is 319 g/mol. The second-order valence-electron chi connectivity index (χ2n) is 6.36. The summed E-state index contributed by atoms with van der Waals surface area (Å²) in [5, 5.41) is 3.06. The molecule has 128 valence electrons. The standard InChI is InChI=1S/C20H19FN2O2/c1-13(2)12-23-19(24)17(14-8-10-15(21)11-9-14)18(20(23)25)22-16-6-4-3-5-7-16/h3-11,13,22H,12H2,1-2H3. The van der Waals surface area contributed by atoms with Crippen LogP contribution in [0.2, 0.25) is 0 Å². The van der Waals surface area contributed by atoms with Gasteiger partial charge in [-0.05, 0) is 35.7 Å². The highest BCUT2D eigenvalue weighted by atomic mass is 19.1. The van der Waals surface area contributed by atoms with Gasteiger partial charge in [0.2, 0.25) is 0 Å². The van der Waals surface area contributed by atoms with Crippen LogP contribution in [0.4, 0.5) is 10.1 Å². The van der Waals surface area contributed by atoms with E-state index in [0.29, 0.717) is 17.8 Å². The number of benzene rings is 2. The Hall–Kier alpha value is -2.95. The Bertz CT molecular complexity index is 827. The highest BCUT2D eigenvalue weighted by Crippen LogP contribution is 2.31. The number of rotatable bonds is 5.